The van der Waals surface area contributed by atoms with E-state index in [9.17, 15) is 5.11 Å². The van der Waals surface area contributed by atoms with Crippen LogP contribution in [0.3, 0.4) is 0 Å². The molecular weight excluding hydrogens is 178 g/mol. The molecular formula is C10H11N3O. The van der Waals surface area contributed by atoms with E-state index in [1.807, 2.05) is 30.3 Å². The highest BCUT2D eigenvalue weighted by Gasteiger charge is 2.14. The molecule has 2 N–H and O–H groups in total. The zero-order valence-corrected chi connectivity index (χ0v) is 7.59. The fourth-order valence-corrected chi connectivity index (χ4v) is 1.44. The normalized spacial score (nSPS) is 12.6. The highest BCUT2D eigenvalue weighted by atomic mass is 16.3. The van der Waals surface area contributed by atoms with Crippen LogP contribution in [0.1, 0.15) is 17.2 Å². The van der Waals surface area contributed by atoms with E-state index in [0.29, 0.717) is 0 Å². The summed E-state index contributed by atoms with van der Waals surface area (Å²) in [6.45, 7) is 0.0382. The lowest BCUT2D eigenvalue weighted by Crippen LogP contribution is -2.06. The van der Waals surface area contributed by atoms with E-state index in [1.165, 1.54) is 0 Å². The van der Waals surface area contributed by atoms with Gasteiger partial charge in [-0.25, -0.2) is 0 Å². The number of hydrogen-bond donors (Lipinski definition) is 2. The van der Waals surface area contributed by atoms with Gasteiger partial charge >= 0.3 is 0 Å². The largest absolute Gasteiger partial charge is 0.395 e. The average molecular weight is 189 g/mol. The smallest absolute Gasteiger partial charge is 0.0922 e. The van der Waals surface area contributed by atoms with E-state index in [4.69, 9.17) is 0 Å². The number of H-pyrrole nitrogens is 1. The van der Waals surface area contributed by atoms with E-state index in [-0.39, 0.29) is 12.5 Å². The summed E-state index contributed by atoms with van der Waals surface area (Å²) in [6.07, 6.45) is 1.70. The lowest BCUT2D eigenvalue weighted by molar-refractivity contribution is 0.278. The highest BCUT2D eigenvalue weighted by molar-refractivity contribution is 5.26. The molecule has 0 fully saturated rings. The molecule has 1 aromatic carbocycles. The maximum atomic E-state index is 9.27. The van der Waals surface area contributed by atoms with Crippen molar-refractivity contribution in [3.05, 3.63) is 47.8 Å². The van der Waals surface area contributed by atoms with Gasteiger partial charge in [0.25, 0.3) is 0 Å². The number of aromatic amines is 1. The van der Waals surface area contributed by atoms with Crippen LogP contribution in [-0.2, 0) is 0 Å². The minimum Gasteiger partial charge on any atom is -0.395 e. The monoisotopic (exact) mass is 189 g/mol. The summed E-state index contributed by atoms with van der Waals surface area (Å²) in [5.74, 6) is -0.0880. The van der Waals surface area contributed by atoms with E-state index >= 15 is 0 Å². The lowest BCUT2D eigenvalue weighted by Gasteiger charge is -2.10. The second kappa shape index (κ2) is 4.02. The Balaban J connectivity index is 2.31. The van der Waals surface area contributed by atoms with Gasteiger partial charge in [-0.2, -0.15) is 0 Å². The van der Waals surface area contributed by atoms with Crippen LogP contribution in [0.2, 0.25) is 0 Å². The Morgan fingerprint density at radius 2 is 2.07 bits per heavy atom. The number of nitrogens with zero attached hydrogens (tertiary/aromatic N) is 2. The molecule has 2 aromatic rings. The minimum absolute atomic E-state index is 0.0382. The zero-order valence-electron chi connectivity index (χ0n) is 7.59. The number of aromatic nitrogens is 3. The van der Waals surface area contributed by atoms with Crippen LogP contribution in [0.5, 0.6) is 0 Å². The molecule has 0 saturated carbocycles. The van der Waals surface area contributed by atoms with Gasteiger partial charge < -0.3 is 5.11 Å². The zero-order chi connectivity index (χ0) is 9.80. The van der Waals surface area contributed by atoms with E-state index in [1.54, 1.807) is 6.20 Å². The summed E-state index contributed by atoms with van der Waals surface area (Å²) >= 11 is 0. The first-order chi connectivity index (χ1) is 6.92. The number of aliphatic hydroxyl groups is 1. The lowest BCUT2D eigenvalue weighted by atomic mass is 9.97. The molecule has 14 heavy (non-hydrogen) atoms. The molecule has 2 rings (SSSR count). The van der Waals surface area contributed by atoms with Crippen molar-refractivity contribution in [3.8, 4) is 0 Å². The fourth-order valence-electron chi connectivity index (χ4n) is 1.44. The Bertz CT molecular complexity index is 372. The van der Waals surface area contributed by atoms with Gasteiger partial charge in [0.1, 0.15) is 0 Å². The molecule has 1 unspecified atom stereocenters. The first-order valence-electron chi connectivity index (χ1n) is 4.44. The molecule has 4 nitrogen and oxygen atoms in total. The Labute approximate surface area is 81.6 Å². The van der Waals surface area contributed by atoms with Gasteiger partial charge in [-0.1, -0.05) is 35.5 Å². The Hall–Kier alpha value is -1.68. The highest BCUT2D eigenvalue weighted by Crippen LogP contribution is 2.20. The summed E-state index contributed by atoms with van der Waals surface area (Å²) in [4.78, 5) is 0. The second-order valence-corrected chi connectivity index (χ2v) is 3.04. The van der Waals surface area contributed by atoms with Crippen LogP contribution < -0.4 is 0 Å². The van der Waals surface area contributed by atoms with Crippen molar-refractivity contribution < 1.29 is 5.11 Å². The average Bonchev–Trinajstić information content (AvgIpc) is 2.74. The number of benzene rings is 1. The Morgan fingerprint density at radius 3 is 2.64 bits per heavy atom. The van der Waals surface area contributed by atoms with Gasteiger partial charge in [-0.15, -0.1) is 5.10 Å². The Kier molecular flexibility index (Phi) is 2.55. The summed E-state index contributed by atoms with van der Waals surface area (Å²) in [6, 6.07) is 9.77. The molecule has 0 bridgehead atoms. The number of aliphatic hydroxyl groups excluding tert-OH is 1. The topological polar surface area (TPSA) is 61.8 Å². The van der Waals surface area contributed by atoms with Gasteiger partial charge in [0.2, 0.25) is 0 Å². The molecule has 1 aromatic heterocycles. The minimum atomic E-state index is -0.0880. The molecule has 1 atom stereocenters. The molecule has 0 saturated heterocycles. The van der Waals surface area contributed by atoms with Crippen LogP contribution in [0.25, 0.3) is 0 Å². The predicted molar refractivity (Wildman–Crippen MR) is 51.8 cm³/mol. The standard InChI is InChI=1S/C10H11N3O/c14-7-9(10-6-11-13-12-10)8-4-2-1-3-5-8/h1-6,9,14H,7H2,(H,11,12,13). The number of nitrogens with one attached hydrogen (secondary N) is 1. The maximum Gasteiger partial charge on any atom is 0.0922 e. The summed E-state index contributed by atoms with van der Waals surface area (Å²) in [5, 5.41) is 19.4. The second-order valence-electron chi connectivity index (χ2n) is 3.04. The van der Waals surface area contributed by atoms with Gasteiger partial charge in [-0.05, 0) is 5.56 Å². The summed E-state index contributed by atoms with van der Waals surface area (Å²) in [5.41, 5.74) is 1.81. The third-order valence-electron chi connectivity index (χ3n) is 2.18. The van der Waals surface area contributed by atoms with Gasteiger partial charge in [-0.3, -0.25) is 5.10 Å². The van der Waals surface area contributed by atoms with Crippen molar-refractivity contribution in [3.63, 3.8) is 0 Å². The van der Waals surface area contributed by atoms with Gasteiger partial charge in [0.05, 0.1) is 18.2 Å². The molecule has 0 aliphatic carbocycles. The number of hydrogen-bond acceptors (Lipinski definition) is 3. The molecule has 4 heteroatoms. The quantitative estimate of drug-likeness (QED) is 0.755. The third kappa shape index (κ3) is 1.65. The van der Waals surface area contributed by atoms with Crippen molar-refractivity contribution in [2.24, 2.45) is 0 Å². The van der Waals surface area contributed by atoms with Crippen LogP contribution in [0, 0.1) is 0 Å². The van der Waals surface area contributed by atoms with Gasteiger partial charge in [0.15, 0.2) is 0 Å². The molecule has 0 amide bonds. The Morgan fingerprint density at radius 1 is 1.29 bits per heavy atom. The summed E-state index contributed by atoms with van der Waals surface area (Å²) < 4.78 is 0. The fraction of sp³-hybridized carbons (Fsp3) is 0.200. The van der Waals surface area contributed by atoms with E-state index in [0.717, 1.165) is 11.3 Å². The molecule has 72 valence electrons. The molecule has 0 spiro atoms. The van der Waals surface area contributed by atoms with Crippen LogP contribution >= 0.6 is 0 Å². The first-order valence-corrected chi connectivity index (χ1v) is 4.44. The van der Waals surface area contributed by atoms with Crippen LogP contribution in [-0.4, -0.2) is 27.1 Å². The molecule has 0 aliphatic rings. The molecule has 0 radical (unpaired) electrons. The van der Waals surface area contributed by atoms with Crippen LogP contribution in [0.4, 0.5) is 0 Å². The maximum absolute atomic E-state index is 9.27. The predicted octanol–water partition coefficient (Wildman–Crippen LogP) is 0.929. The first kappa shape index (κ1) is 8.90. The van der Waals surface area contributed by atoms with E-state index < -0.39 is 0 Å². The van der Waals surface area contributed by atoms with E-state index in [2.05, 4.69) is 15.4 Å². The molecule has 1 heterocycles. The molecule has 0 aliphatic heterocycles. The third-order valence-corrected chi connectivity index (χ3v) is 2.18. The van der Waals surface area contributed by atoms with Crippen molar-refractivity contribution >= 4 is 0 Å². The van der Waals surface area contributed by atoms with Gasteiger partial charge in [0, 0.05) is 6.20 Å². The van der Waals surface area contributed by atoms with Crippen LogP contribution in [0.15, 0.2) is 36.5 Å². The van der Waals surface area contributed by atoms with Crippen molar-refractivity contribution in [2.75, 3.05) is 6.61 Å². The van der Waals surface area contributed by atoms with Crippen molar-refractivity contribution in [2.45, 2.75) is 5.92 Å². The van der Waals surface area contributed by atoms with Crippen molar-refractivity contribution in [1.82, 2.24) is 15.4 Å². The number of rotatable bonds is 3. The SMILES string of the molecule is OCC(c1ccccc1)c1c[nH]nn1. The summed E-state index contributed by atoms with van der Waals surface area (Å²) in [7, 11) is 0. The van der Waals surface area contributed by atoms with Crippen molar-refractivity contribution in [1.29, 1.82) is 0 Å².